The van der Waals surface area contributed by atoms with Gasteiger partial charge >= 0.3 is 6.09 Å². The Labute approximate surface area is 110 Å². The lowest BCUT2D eigenvalue weighted by molar-refractivity contribution is 0.0176. The minimum Gasteiger partial charge on any atom is -0.444 e. The number of rotatable bonds is 2. The molecule has 0 aromatic heterocycles. The van der Waals surface area contributed by atoms with Crippen molar-refractivity contribution < 1.29 is 13.7 Å². The molecule has 1 amide bonds. The average Bonchev–Trinajstić information content (AvgIpc) is 2.14. The molecule has 6 heteroatoms. The molecule has 2 unspecified atom stereocenters. The van der Waals surface area contributed by atoms with E-state index >= 15 is 0 Å². The summed E-state index contributed by atoms with van der Waals surface area (Å²) in [4.78, 5) is 13.5. The van der Waals surface area contributed by atoms with Crippen LogP contribution in [0, 0.1) is 5.92 Å². The SMILES string of the molecule is CC(C)(C)OC(=O)N1CCCC(CS(=O)Cl)C1. The lowest BCUT2D eigenvalue weighted by Crippen LogP contribution is -2.43. The summed E-state index contributed by atoms with van der Waals surface area (Å²) in [5.74, 6) is 0.663. The van der Waals surface area contributed by atoms with Crippen molar-refractivity contribution in [2.24, 2.45) is 5.92 Å². The maximum atomic E-state index is 11.8. The summed E-state index contributed by atoms with van der Waals surface area (Å²) in [6.45, 7) is 6.84. The van der Waals surface area contributed by atoms with Crippen molar-refractivity contribution in [2.45, 2.75) is 39.2 Å². The highest BCUT2D eigenvalue weighted by Crippen LogP contribution is 2.20. The van der Waals surface area contributed by atoms with Gasteiger partial charge in [-0.25, -0.2) is 9.00 Å². The van der Waals surface area contributed by atoms with Crippen molar-refractivity contribution in [3.63, 3.8) is 0 Å². The maximum absolute atomic E-state index is 11.8. The molecule has 1 rings (SSSR count). The lowest BCUT2D eigenvalue weighted by Gasteiger charge is -2.33. The highest BCUT2D eigenvalue weighted by atomic mass is 35.7. The van der Waals surface area contributed by atoms with Crippen LogP contribution in [-0.2, 0) is 14.7 Å². The Bertz CT molecular complexity index is 304. The zero-order valence-corrected chi connectivity index (χ0v) is 12.1. The van der Waals surface area contributed by atoms with Crippen molar-refractivity contribution >= 4 is 26.8 Å². The topological polar surface area (TPSA) is 46.6 Å². The Morgan fingerprint density at radius 1 is 1.53 bits per heavy atom. The van der Waals surface area contributed by atoms with Gasteiger partial charge in [0.05, 0.1) is 0 Å². The van der Waals surface area contributed by atoms with Gasteiger partial charge < -0.3 is 9.64 Å². The number of ether oxygens (including phenoxy) is 1. The monoisotopic (exact) mass is 281 g/mol. The van der Waals surface area contributed by atoms with Crippen LogP contribution in [0.5, 0.6) is 0 Å². The van der Waals surface area contributed by atoms with Gasteiger partial charge in [-0.05, 0) is 50.2 Å². The van der Waals surface area contributed by atoms with E-state index in [0.29, 0.717) is 18.8 Å². The van der Waals surface area contributed by atoms with Gasteiger partial charge in [0, 0.05) is 18.8 Å². The predicted molar refractivity (Wildman–Crippen MR) is 69.4 cm³/mol. The summed E-state index contributed by atoms with van der Waals surface area (Å²) in [7, 11) is 4.17. The van der Waals surface area contributed by atoms with Crippen molar-refractivity contribution in [1.29, 1.82) is 0 Å². The van der Waals surface area contributed by atoms with E-state index in [4.69, 9.17) is 15.4 Å². The number of carbonyl (C=O) groups is 1. The summed E-state index contributed by atoms with van der Waals surface area (Å²) < 4.78 is 16.3. The molecule has 0 N–H and O–H groups in total. The lowest BCUT2D eigenvalue weighted by atomic mass is 10.0. The van der Waals surface area contributed by atoms with Crippen LogP contribution >= 0.6 is 10.7 Å². The minimum atomic E-state index is -1.32. The predicted octanol–water partition coefficient (Wildman–Crippen LogP) is 2.54. The van der Waals surface area contributed by atoms with Gasteiger partial charge in [-0.1, -0.05) is 0 Å². The standard InChI is InChI=1S/C11H20ClNO3S/c1-11(2,3)16-10(14)13-6-4-5-9(7-13)8-17(12)15/h9H,4-8H2,1-3H3. The number of piperidine rings is 1. The van der Waals surface area contributed by atoms with Gasteiger partial charge in [0.2, 0.25) is 0 Å². The van der Waals surface area contributed by atoms with E-state index in [9.17, 15) is 9.00 Å². The zero-order chi connectivity index (χ0) is 13.1. The molecule has 17 heavy (non-hydrogen) atoms. The fourth-order valence-corrected chi connectivity index (χ4v) is 3.06. The molecule has 0 aromatic carbocycles. The van der Waals surface area contributed by atoms with Crippen LogP contribution < -0.4 is 0 Å². The maximum Gasteiger partial charge on any atom is 0.410 e. The number of nitrogens with zero attached hydrogens (tertiary/aromatic N) is 1. The normalized spacial score (nSPS) is 23.3. The van der Waals surface area contributed by atoms with Crippen LogP contribution in [0.25, 0.3) is 0 Å². The molecule has 0 aromatic rings. The van der Waals surface area contributed by atoms with Crippen molar-refractivity contribution in [3.05, 3.63) is 0 Å². The van der Waals surface area contributed by atoms with Crippen LogP contribution in [0.2, 0.25) is 0 Å². The first-order valence-corrected chi connectivity index (χ1v) is 7.95. The molecule has 0 aliphatic carbocycles. The first-order chi connectivity index (χ1) is 7.78. The van der Waals surface area contributed by atoms with Crippen LogP contribution in [0.4, 0.5) is 4.79 Å². The van der Waals surface area contributed by atoms with Crippen LogP contribution in [0.3, 0.4) is 0 Å². The Balaban J connectivity index is 2.49. The zero-order valence-electron chi connectivity index (χ0n) is 10.6. The number of halogens is 1. The number of amides is 1. The van der Waals surface area contributed by atoms with Crippen LogP contribution in [0.15, 0.2) is 0 Å². The molecule has 1 heterocycles. The summed E-state index contributed by atoms with van der Waals surface area (Å²) >= 11 is 0. The molecule has 1 fully saturated rings. The van der Waals surface area contributed by atoms with Crippen molar-refractivity contribution in [2.75, 3.05) is 18.8 Å². The molecule has 1 aliphatic heterocycles. The third-order valence-electron chi connectivity index (χ3n) is 2.54. The minimum absolute atomic E-state index is 0.217. The average molecular weight is 282 g/mol. The number of hydrogen-bond donors (Lipinski definition) is 0. The summed E-state index contributed by atoms with van der Waals surface area (Å²) in [6.07, 6.45) is 1.60. The second-order valence-corrected chi connectivity index (χ2v) is 7.34. The number of likely N-dealkylation sites (tertiary alicyclic amines) is 1. The second kappa shape index (κ2) is 6.05. The molecule has 0 bridgehead atoms. The van der Waals surface area contributed by atoms with Gasteiger partial charge in [-0.3, -0.25) is 0 Å². The fourth-order valence-electron chi connectivity index (χ4n) is 1.88. The molecule has 0 saturated carbocycles. The Morgan fingerprint density at radius 3 is 2.71 bits per heavy atom. The molecule has 1 aliphatic rings. The van der Waals surface area contributed by atoms with Gasteiger partial charge in [0.1, 0.15) is 15.6 Å². The van der Waals surface area contributed by atoms with Crippen LogP contribution in [0.1, 0.15) is 33.6 Å². The Kier molecular flexibility index (Phi) is 5.25. The molecule has 0 radical (unpaired) electrons. The summed E-state index contributed by atoms with van der Waals surface area (Å²) in [5, 5.41) is 0. The first kappa shape index (κ1) is 14.8. The molecule has 100 valence electrons. The van der Waals surface area contributed by atoms with E-state index in [1.807, 2.05) is 20.8 Å². The van der Waals surface area contributed by atoms with Gasteiger partial charge in [0.25, 0.3) is 0 Å². The third-order valence-corrected chi connectivity index (χ3v) is 3.65. The first-order valence-electron chi connectivity index (χ1n) is 5.80. The molecule has 2 atom stereocenters. The van der Waals surface area contributed by atoms with E-state index in [0.717, 1.165) is 12.8 Å². The van der Waals surface area contributed by atoms with Crippen molar-refractivity contribution in [3.8, 4) is 0 Å². The van der Waals surface area contributed by atoms with Gasteiger partial charge in [-0.2, -0.15) is 0 Å². The number of carbonyl (C=O) groups excluding carboxylic acids is 1. The van der Waals surface area contributed by atoms with E-state index in [-0.39, 0.29) is 12.0 Å². The number of hydrogen-bond acceptors (Lipinski definition) is 3. The smallest absolute Gasteiger partial charge is 0.410 e. The van der Waals surface area contributed by atoms with E-state index in [2.05, 4.69) is 0 Å². The van der Waals surface area contributed by atoms with Gasteiger partial charge in [-0.15, -0.1) is 0 Å². The molecule has 1 saturated heterocycles. The quantitative estimate of drug-likeness (QED) is 0.731. The molecular weight excluding hydrogens is 262 g/mol. The Hall–Kier alpha value is -0.290. The third kappa shape index (κ3) is 5.73. The van der Waals surface area contributed by atoms with E-state index in [1.165, 1.54) is 0 Å². The largest absolute Gasteiger partial charge is 0.444 e. The highest BCUT2D eigenvalue weighted by Gasteiger charge is 2.28. The molecule has 4 nitrogen and oxygen atoms in total. The summed E-state index contributed by atoms with van der Waals surface area (Å²) in [5.41, 5.74) is -0.473. The Morgan fingerprint density at radius 2 is 2.18 bits per heavy atom. The van der Waals surface area contributed by atoms with Crippen molar-refractivity contribution in [1.82, 2.24) is 4.90 Å². The van der Waals surface area contributed by atoms with E-state index in [1.54, 1.807) is 4.90 Å². The highest BCUT2D eigenvalue weighted by molar-refractivity contribution is 8.08. The fraction of sp³-hybridized carbons (Fsp3) is 0.909. The van der Waals surface area contributed by atoms with E-state index < -0.39 is 15.6 Å². The van der Waals surface area contributed by atoms with Gasteiger partial charge in [0.15, 0.2) is 0 Å². The molecule has 0 spiro atoms. The summed E-state index contributed by atoms with van der Waals surface area (Å²) in [6, 6.07) is 0. The van der Waals surface area contributed by atoms with Crippen LogP contribution in [-0.4, -0.2) is 39.6 Å². The molecular formula is C11H20ClNO3S. The second-order valence-electron chi connectivity index (χ2n) is 5.39.